The van der Waals surface area contributed by atoms with Crippen molar-refractivity contribution in [3.05, 3.63) is 64.4 Å². The van der Waals surface area contributed by atoms with Crippen LogP contribution in [-0.4, -0.2) is 35.1 Å². The number of rotatable bonds is 6. The number of nitrogens with zero attached hydrogens (tertiary/aromatic N) is 1. The maximum absolute atomic E-state index is 13.4. The van der Waals surface area contributed by atoms with Gasteiger partial charge in [0.1, 0.15) is 11.4 Å². The van der Waals surface area contributed by atoms with E-state index in [2.05, 4.69) is 20.6 Å². The summed E-state index contributed by atoms with van der Waals surface area (Å²) in [6.45, 7) is 1.95. The molecule has 6 nitrogen and oxygen atoms in total. The molecule has 1 amide bonds. The van der Waals surface area contributed by atoms with Gasteiger partial charge in [-0.05, 0) is 80.6 Å². The first-order valence-corrected chi connectivity index (χ1v) is 12.9. The molecule has 3 N–H and O–H groups in total. The lowest BCUT2D eigenvalue weighted by Crippen LogP contribution is -2.40. The number of alkyl halides is 3. The van der Waals surface area contributed by atoms with Crippen LogP contribution in [0.5, 0.6) is 5.75 Å². The number of hydrogen-bond acceptors (Lipinski definition) is 4. The first-order valence-electron chi connectivity index (χ1n) is 12.5. The van der Waals surface area contributed by atoms with E-state index in [0.29, 0.717) is 28.9 Å². The van der Waals surface area contributed by atoms with Crippen molar-refractivity contribution in [1.82, 2.24) is 15.3 Å². The van der Waals surface area contributed by atoms with Crippen molar-refractivity contribution in [1.29, 1.82) is 0 Å². The van der Waals surface area contributed by atoms with E-state index >= 15 is 0 Å². The number of fused-ring (bicyclic) bond motifs is 2. The second-order valence-electron chi connectivity index (χ2n) is 9.79. The van der Waals surface area contributed by atoms with Gasteiger partial charge in [-0.2, -0.15) is 13.2 Å². The number of H-pyrrole nitrogens is 1. The van der Waals surface area contributed by atoms with E-state index in [1.165, 1.54) is 12.1 Å². The summed E-state index contributed by atoms with van der Waals surface area (Å²) in [7, 11) is 1.61. The minimum atomic E-state index is -4.56. The zero-order valence-electron chi connectivity index (χ0n) is 21.0. The average Bonchev–Trinajstić information content (AvgIpc) is 3.18. The van der Waals surface area contributed by atoms with Gasteiger partial charge in [0.05, 0.1) is 19.0 Å². The average molecular weight is 545 g/mol. The van der Waals surface area contributed by atoms with E-state index in [9.17, 15) is 18.0 Å². The van der Waals surface area contributed by atoms with Crippen molar-refractivity contribution in [2.75, 3.05) is 12.4 Å². The summed E-state index contributed by atoms with van der Waals surface area (Å²) in [5.41, 5.74) is 2.49. The molecule has 38 heavy (non-hydrogen) atoms. The summed E-state index contributed by atoms with van der Waals surface area (Å²) in [5.74, 6) is 0.674. The fourth-order valence-corrected chi connectivity index (χ4v) is 5.39. The largest absolute Gasteiger partial charge is 0.497 e. The van der Waals surface area contributed by atoms with E-state index in [1.54, 1.807) is 13.2 Å². The SMILES string of the molecule is COc1ccc2[nH]c(C)c(CC(=O)N[C@H]3CC[C@@H](Nc4cc(C(F)(F)F)nc5ccc(Cl)cc45)CC3)c2c1. The highest BCUT2D eigenvalue weighted by atomic mass is 35.5. The molecular weight excluding hydrogens is 517 g/mol. The van der Waals surface area contributed by atoms with E-state index < -0.39 is 11.9 Å². The molecule has 2 aromatic carbocycles. The molecule has 200 valence electrons. The minimum absolute atomic E-state index is 0.00922. The lowest BCUT2D eigenvalue weighted by Gasteiger charge is -2.31. The molecule has 1 fully saturated rings. The van der Waals surface area contributed by atoms with E-state index in [-0.39, 0.29) is 29.9 Å². The lowest BCUT2D eigenvalue weighted by atomic mass is 9.90. The van der Waals surface area contributed by atoms with Gasteiger partial charge in [0.2, 0.25) is 5.91 Å². The number of carbonyl (C=O) groups is 1. The van der Waals surface area contributed by atoms with Crippen LogP contribution in [0.25, 0.3) is 21.8 Å². The van der Waals surface area contributed by atoms with Gasteiger partial charge < -0.3 is 20.4 Å². The van der Waals surface area contributed by atoms with Crippen molar-refractivity contribution >= 4 is 45.0 Å². The van der Waals surface area contributed by atoms with Crippen LogP contribution in [-0.2, 0) is 17.4 Å². The van der Waals surface area contributed by atoms with Gasteiger partial charge in [0.15, 0.2) is 0 Å². The van der Waals surface area contributed by atoms with Crippen LogP contribution < -0.4 is 15.4 Å². The molecule has 0 radical (unpaired) electrons. The Morgan fingerprint density at radius 3 is 2.53 bits per heavy atom. The van der Waals surface area contributed by atoms with E-state index in [4.69, 9.17) is 16.3 Å². The normalized spacial score (nSPS) is 18.1. The molecule has 0 unspecified atom stereocenters. The standard InChI is InChI=1S/C28H28ClF3N4O2/c1-15-20(21-12-19(38-2)8-10-23(21)33-15)13-27(37)35-18-6-4-17(5-7-18)34-25-14-26(28(30,31)32)36-24-9-3-16(29)11-22(24)25/h3,8-12,14,17-18,33H,4-7,13H2,1-2H3,(H,34,36)(H,35,37)/t17-,18+. The van der Waals surface area contributed by atoms with Gasteiger partial charge in [-0.25, -0.2) is 4.98 Å². The Labute approximate surface area is 222 Å². The van der Waals surface area contributed by atoms with Crippen LogP contribution in [0.1, 0.15) is 42.6 Å². The van der Waals surface area contributed by atoms with Gasteiger partial charge in [0.25, 0.3) is 0 Å². The van der Waals surface area contributed by atoms with Gasteiger partial charge in [-0.3, -0.25) is 4.79 Å². The molecule has 1 aliphatic carbocycles. The smallest absolute Gasteiger partial charge is 0.433 e. The number of halogens is 4. The van der Waals surface area contributed by atoms with E-state index in [1.807, 2.05) is 25.1 Å². The number of hydrogen-bond donors (Lipinski definition) is 3. The topological polar surface area (TPSA) is 79.0 Å². The zero-order chi connectivity index (χ0) is 27.0. The lowest BCUT2D eigenvalue weighted by molar-refractivity contribution is -0.140. The number of aromatic nitrogens is 2. The molecule has 4 aromatic rings. The van der Waals surface area contributed by atoms with Crippen LogP contribution in [0.2, 0.25) is 5.02 Å². The van der Waals surface area contributed by atoms with Crippen LogP contribution in [0, 0.1) is 6.92 Å². The molecule has 0 aliphatic heterocycles. The van der Waals surface area contributed by atoms with Gasteiger partial charge in [0, 0.05) is 44.8 Å². The fraction of sp³-hybridized carbons (Fsp3) is 0.357. The highest BCUT2D eigenvalue weighted by molar-refractivity contribution is 6.31. The number of nitrogens with one attached hydrogen (secondary N) is 3. The second kappa shape index (κ2) is 10.4. The van der Waals surface area contributed by atoms with Crippen molar-refractivity contribution in [2.45, 2.75) is 57.3 Å². The highest BCUT2D eigenvalue weighted by Gasteiger charge is 2.34. The third-order valence-electron chi connectivity index (χ3n) is 7.18. The summed E-state index contributed by atoms with van der Waals surface area (Å²) in [5, 5.41) is 8.37. The number of pyridine rings is 1. The molecule has 1 saturated carbocycles. The molecule has 2 heterocycles. The quantitative estimate of drug-likeness (QED) is 0.250. The Hall–Kier alpha value is -3.46. The molecule has 1 aliphatic rings. The summed E-state index contributed by atoms with van der Waals surface area (Å²) in [4.78, 5) is 20.0. The maximum atomic E-state index is 13.4. The van der Waals surface area contributed by atoms with Crippen LogP contribution in [0.15, 0.2) is 42.5 Å². The molecule has 5 rings (SSSR count). The predicted molar refractivity (Wildman–Crippen MR) is 143 cm³/mol. The van der Waals surface area contributed by atoms with Crippen molar-refractivity contribution in [3.63, 3.8) is 0 Å². The van der Waals surface area contributed by atoms with Crippen molar-refractivity contribution in [3.8, 4) is 5.75 Å². The number of aromatic amines is 1. The van der Waals surface area contributed by atoms with Crippen LogP contribution >= 0.6 is 11.6 Å². The third kappa shape index (κ3) is 5.53. The Bertz CT molecular complexity index is 1490. The van der Waals surface area contributed by atoms with Gasteiger partial charge >= 0.3 is 6.18 Å². The molecule has 10 heteroatoms. The Balaban J connectivity index is 1.23. The Kier molecular flexibility index (Phi) is 7.13. The molecule has 0 atom stereocenters. The monoisotopic (exact) mass is 544 g/mol. The van der Waals surface area contributed by atoms with Crippen molar-refractivity contribution in [2.24, 2.45) is 0 Å². The molecule has 2 aromatic heterocycles. The number of anilines is 1. The van der Waals surface area contributed by atoms with E-state index in [0.717, 1.165) is 46.8 Å². The number of aryl methyl sites for hydroxylation is 1. The summed E-state index contributed by atoms with van der Waals surface area (Å²) in [6.07, 6.45) is -1.44. The minimum Gasteiger partial charge on any atom is -0.497 e. The van der Waals surface area contributed by atoms with Gasteiger partial charge in [-0.1, -0.05) is 11.6 Å². The zero-order valence-corrected chi connectivity index (χ0v) is 21.8. The van der Waals surface area contributed by atoms with Crippen molar-refractivity contribution < 1.29 is 22.7 Å². The number of amides is 1. The highest BCUT2D eigenvalue weighted by Crippen LogP contribution is 2.35. The molecular formula is C28H28ClF3N4O2. The number of methoxy groups -OCH3 is 1. The molecule has 0 saturated heterocycles. The summed E-state index contributed by atoms with van der Waals surface area (Å²) >= 11 is 6.11. The Morgan fingerprint density at radius 1 is 1.08 bits per heavy atom. The van der Waals surface area contributed by atoms with Crippen LogP contribution in [0.4, 0.5) is 18.9 Å². The summed E-state index contributed by atoms with van der Waals surface area (Å²) < 4.78 is 45.7. The number of carbonyl (C=O) groups excluding carboxylic acids is 1. The predicted octanol–water partition coefficient (Wildman–Crippen LogP) is 6.79. The van der Waals surface area contributed by atoms with Crippen LogP contribution in [0.3, 0.4) is 0 Å². The molecule has 0 bridgehead atoms. The first kappa shape index (κ1) is 26.2. The Morgan fingerprint density at radius 2 is 1.82 bits per heavy atom. The fourth-order valence-electron chi connectivity index (χ4n) is 5.22. The third-order valence-corrected chi connectivity index (χ3v) is 7.41. The summed E-state index contributed by atoms with van der Waals surface area (Å²) in [6, 6.07) is 11.4. The number of ether oxygens (including phenoxy) is 1. The molecule has 0 spiro atoms. The van der Waals surface area contributed by atoms with Gasteiger partial charge in [-0.15, -0.1) is 0 Å². The second-order valence-corrected chi connectivity index (χ2v) is 10.2. The number of benzene rings is 2. The first-order chi connectivity index (χ1) is 18.1. The maximum Gasteiger partial charge on any atom is 0.433 e.